The molecule has 0 amide bonds. The van der Waals surface area contributed by atoms with Gasteiger partial charge in [-0.25, -0.2) is 4.98 Å². The highest BCUT2D eigenvalue weighted by Crippen LogP contribution is 2.13. The van der Waals surface area contributed by atoms with Crippen molar-refractivity contribution in [1.29, 1.82) is 0 Å². The third-order valence-electron chi connectivity index (χ3n) is 2.70. The van der Waals surface area contributed by atoms with Gasteiger partial charge in [0.1, 0.15) is 6.61 Å². The summed E-state index contributed by atoms with van der Waals surface area (Å²) in [5, 5.41) is 0.561. The number of hydrogen-bond acceptors (Lipinski definition) is 4. The molecule has 0 aliphatic carbocycles. The topological polar surface area (TPSA) is 39.2 Å². The number of Topliss-reactive ketones (excluding diaryl/α,β-unsaturated/α-hetero) is 1. The van der Waals surface area contributed by atoms with E-state index in [0.29, 0.717) is 17.2 Å². The molecule has 0 fully saturated rings. The Labute approximate surface area is 121 Å². The van der Waals surface area contributed by atoms with Crippen molar-refractivity contribution in [2.24, 2.45) is 0 Å². The van der Waals surface area contributed by atoms with Crippen LogP contribution in [0.25, 0.3) is 0 Å². The molecule has 19 heavy (non-hydrogen) atoms. The lowest BCUT2D eigenvalue weighted by molar-refractivity contribution is 0.0766. The predicted molar refractivity (Wildman–Crippen MR) is 77.2 cm³/mol. The van der Waals surface area contributed by atoms with Crippen LogP contribution >= 0.6 is 22.9 Å². The van der Waals surface area contributed by atoms with E-state index in [1.54, 1.807) is 35.6 Å². The van der Waals surface area contributed by atoms with E-state index in [2.05, 4.69) is 4.98 Å². The van der Waals surface area contributed by atoms with E-state index in [1.807, 2.05) is 12.4 Å². The molecular formula is C14H14ClNO2S. The zero-order valence-electron chi connectivity index (χ0n) is 10.6. The van der Waals surface area contributed by atoms with Crippen molar-refractivity contribution in [2.75, 3.05) is 13.2 Å². The van der Waals surface area contributed by atoms with Gasteiger partial charge in [-0.2, -0.15) is 0 Å². The van der Waals surface area contributed by atoms with Gasteiger partial charge in [0.05, 0.1) is 17.8 Å². The largest absolute Gasteiger partial charge is 0.373 e. The molecule has 1 heterocycles. The zero-order chi connectivity index (χ0) is 13.7. The van der Waals surface area contributed by atoms with Crippen molar-refractivity contribution in [3.63, 3.8) is 0 Å². The summed E-state index contributed by atoms with van der Waals surface area (Å²) >= 11 is 7.45. The van der Waals surface area contributed by atoms with E-state index in [1.165, 1.54) is 4.88 Å². The minimum Gasteiger partial charge on any atom is -0.373 e. The molecule has 0 spiro atoms. The summed E-state index contributed by atoms with van der Waals surface area (Å²) in [5.74, 6) is -0.0523. The number of ketones is 1. The first-order valence-electron chi connectivity index (χ1n) is 5.92. The van der Waals surface area contributed by atoms with E-state index in [0.717, 1.165) is 12.1 Å². The number of carbonyl (C=O) groups excluding carboxylic acids is 1. The summed E-state index contributed by atoms with van der Waals surface area (Å²) in [6, 6.07) is 6.90. The summed E-state index contributed by atoms with van der Waals surface area (Å²) < 4.78 is 5.40. The van der Waals surface area contributed by atoms with Crippen LogP contribution < -0.4 is 0 Å². The number of hydrogen-bond donors (Lipinski definition) is 0. The minimum atomic E-state index is -0.0523. The lowest BCUT2D eigenvalue weighted by atomic mass is 10.1. The molecule has 0 saturated carbocycles. The van der Waals surface area contributed by atoms with Crippen molar-refractivity contribution < 1.29 is 9.53 Å². The average molecular weight is 296 g/mol. The molecule has 0 N–H and O–H groups in total. The Bertz CT molecular complexity index is 568. The highest BCUT2D eigenvalue weighted by atomic mass is 35.5. The molecule has 0 saturated heterocycles. The number of benzene rings is 1. The summed E-state index contributed by atoms with van der Waals surface area (Å²) in [6.45, 7) is 2.58. The fraction of sp³-hybridized carbons (Fsp3) is 0.286. The summed E-state index contributed by atoms with van der Waals surface area (Å²) in [5.41, 5.74) is 3.44. The first kappa shape index (κ1) is 14.2. The Morgan fingerprint density at radius 3 is 3.00 bits per heavy atom. The van der Waals surface area contributed by atoms with Gasteiger partial charge in [0.15, 0.2) is 5.78 Å². The number of carbonyl (C=O) groups is 1. The monoisotopic (exact) mass is 295 g/mol. The van der Waals surface area contributed by atoms with Gasteiger partial charge in [0, 0.05) is 21.9 Å². The maximum Gasteiger partial charge on any atom is 0.188 e. The molecular weight excluding hydrogens is 282 g/mol. The van der Waals surface area contributed by atoms with Gasteiger partial charge in [0.25, 0.3) is 0 Å². The number of aromatic nitrogens is 1. The van der Waals surface area contributed by atoms with Crippen molar-refractivity contribution in [3.8, 4) is 0 Å². The quantitative estimate of drug-likeness (QED) is 0.604. The van der Waals surface area contributed by atoms with Crippen LogP contribution in [0.5, 0.6) is 0 Å². The van der Waals surface area contributed by atoms with Gasteiger partial charge in [0.2, 0.25) is 0 Å². The molecule has 0 atom stereocenters. The predicted octanol–water partition coefficient (Wildman–Crippen LogP) is 3.55. The normalized spacial score (nSPS) is 10.6. The van der Waals surface area contributed by atoms with Crippen LogP contribution in [0.4, 0.5) is 0 Å². The highest BCUT2D eigenvalue weighted by molar-refractivity contribution is 7.09. The van der Waals surface area contributed by atoms with Crippen LogP contribution in [0.3, 0.4) is 0 Å². The molecule has 2 rings (SSSR count). The Kier molecular flexibility index (Phi) is 5.07. The number of rotatable bonds is 6. The number of ether oxygens (including phenoxy) is 1. The van der Waals surface area contributed by atoms with E-state index < -0.39 is 0 Å². The molecule has 100 valence electrons. The minimum absolute atomic E-state index is 0.0523. The van der Waals surface area contributed by atoms with E-state index in [-0.39, 0.29) is 12.4 Å². The van der Waals surface area contributed by atoms with Gasteiger partial charge in [-0.15, -0.1) is 11.3 Å². The maximum atomic E-state index is 11.8. The summed E-state index contributed by atoms with van der Waals surface area (Å²) in [7, 11) is 0. The van der Waals surface area contributed by atoms with E-state index in [4.69, 9.17) is 16.3 Å². The second kappa shape index (κ2) is 6.80. The Hall–Kier alpha value is -1.23. The Morgan fingerprint density at radius 1 is 1.47 bits per heavy atom. The van der Waals surface area contributed by atoms with Crippen molar-refractivity contribution in [1.82, 2.24) is 4.98 Å². The first-order valence-corrected chi connectivity index (χ1v) is 7.18. The molecule has 3 nitrogen and oxygen atoms in total. The first-order chi connectivity index (χ1) is 9.16. The molecule has 0 unspecified atom stereocenters. The van der Waals surface area contributed by atoms with Gasteiger partial charge in [-0.3, -0.25) is 4.79 Å². The maximum absolute atomic E-state index is 11.8. The molecule has 0 aliphatic rings. The van der Waals surface area contributed by atoms with Crippen molar-refractivity contribution >= 4 is 28.7 Å². The van der Waals surface area contributed by atoms with Crippen molar-refractivity contribution in [3.05, 3.63) is 50.9 Å². The zero-order valence-corrected chi connectivity index (χ0v) is 12.1. The second-order valence-corrected chi connectivity index (χ2v) is 5.47. The molecule has 0 aliphatic heterocycles. The van der Waals surface area contributed by atoms with Gasteiger partial charge < -0.3 is 4.74 Å². The second-order valence-electron chi connectivity index (χ2n) is 4.10. The number of halogens is 1. The molecule has 1 aromatic carbocycles. The van der Waals surface area contributed by atoms with Crippen LogP contribution in [-0.4, -0.2) is 24.0 Å². The standard InChI is InChI=1S/C14H14ClNO2S/c1-10-14(19-9-16-10)5-6-18-8-13(17)11-3-2-4-12(15)7-11/h2-4,7,9H,5-6,8H2,1H3. The van der Waals surface area contributed by atoms with Crippen LogP contribution in [-0.2, 0) is 11.2 Å². The van der Waals surface area contributed by atoms with Gasteiger partial charge >= 0.3 is 0 Å². The third-order valence-corrected chi connectivity index (χ3v) is 3.93. The highest BCUT2D eigenvalue weighted by Gasteiger charge is 2.07. The smallest absolute Gasteiger partial charge is 0.188 e. The SMILES string of the molecule is Cc1ncsc1CCOCC(=O)c1cccc(Cl)c1. The van der Waals surface area contributed by atoms with Gasteiger partial charge in [-0.1, -0.05) is 23.7 Å². The van der Waals surface area contributed by atoms with Crippen LogP contribution in [0, 0.1) is 6.92 Å². The summed E-state index contributed by atoms with van der Waals surface area (Å²) in [4.78, 5) is 17.2. The number of thiazole rings is 1. The van der Waals surface area contributed by atoms with Crippen molar-refractivity contribution in [2.45, 2.75) is 13.3 Å². The molecule has 0 radical (unpaired) electrons. The molecule has 5 heteroatoms. The fourth-order valence-electron chi connectivity index (χ4n) is 1.64. The molecule has 1 aromatic heterocycles. The Morgan fingerprint density at radius 2 is 2.32 bits per heavy atom. The lowest BCUT2D eigenvalue weighted by Crippen LogP contribution is -2.10. The fourth-order valence-corrected chi connectivity index (χ4v) is 2.59. The molecule has 2 aromatic rings. The molecule has 0 bridgehead atoms. The van der Waals surface area contributed by atoms with Crippen LogP contribution in [0.2, 0.25) is 5.02 Å². The number of nitrogens with zero attached hydrogens (tertiary/aromatic N) is 1. The average Bonchev–Trinajstić information content (AvgIpc) is 2.80. The van der Waals surface area contributed by atoms with E-state index in [9.17, 15) is 4.79 Å². The van der Waals surface area contributed by atoms with Crippen LogP contribution in [0.15, 0.2) is 29.8 Å². The van der Waals surface area contributed by atoms with E-state index >= 15 is 0 Å². The third kappa shape index (κ3) is 4.13. The van der Waals surface area contributed by atoms with Gasteiger partial charge in [-0.05, 0) is 19.1 Å². The summed E-state index contributed by atoms with van der Waals surface area (Å²) in [6.07, 6.45) is 0.791. The Balaban J connectivity index is 1.77. The lowest BCUT2D eigenvalue weighted by Gasteiger charge is -2.04. The van der Waals surface area contributed by atoms with Crippen LogP contribution in [0.1, 0.15) is 20.9 Å². The number of aryl methyl sites for hydroxylation is 1.